The van der Waals surface area contributed by atoms with E-state index in [9.17, 15) is 13.2 Å². The molecule has 1 heterocycles. The smallest absolute Gasteiger partial charge is 0.416 e. The first kappa shape index (κ1) is 23.5. The molecule has 170 valence electrons. The van der Waals surface area contributed by atoms with E-state index in [1.807, 2.05) is 44.4 Å². The maximum absolute atomic E-state index is 13.6. The highest BCUT2D eigenvalue weighted by atomic mass is 19.4. The van der Waals surface area contributed by atoms with Gasteiger partial charge in [0.2, 0.25) is 0 Å². The summed E-state index contributed by atoms with van der Waals surface area (Å²) < 4.78 is 46.4. The topological polar surface area (TPSA) is 48.6 Å². The Hall–Kier alpha value is -2.13. The number of halogens is 3. The van der Waals surface area contributed by atoms with Gasteiger partial charge in [-0.3, -0.25) is 5.43 Å². The second-order valence-corrected chi connectivity index (χ2v) is 8.00. The van der Waals surface area contributed by atoms with E-state index in [1.165, 1.54) is 6.07 Å². The molecule has 0 bridgehead atoms. The van der Waals surface area contributed by atoms with Gasteiger partial charge < -0.3 is 15.0 Å². The van der Waals surface area contributed by atoms with Crippen molar-refractivity contribution >= 4 is 0 Å². The summed E-state index contributed by atoms with van der Waals surface area (Å²) in [5, 5.41) is 3.11. The average molecular weight is 437 g/mol. The number of rotatable bonds is 10. The number of hydrogen-bond donors (Lipinski definition) is 3. The first-order valence-electron chi connectivity index (χ1n) is 10.6. The first-order chi connectivity index (χ1) is 14.9. The molecule has 1 aliphatic heterocycles. The van der Waals surface area contributed by atoms with E-state index in [2.05, 4.69) is 21.1 Å². The molecule has 0 radical (unpaired) electrons. The van der Waals surface area contributed by atoms with Crippen molar-refractivity contribution in [3.8, 4) is 5.75 Å². The van der Waals surface area contributed by atoms with Crippen molar-refractivity contribution in [1.29, 1.82) is 0 Å². The first-order valence-corrected chi connectivity index (χ1v) is 10.6. The molecule has 1 saturated heterocycles. The third kappa shape index (κ3) is 6.93. The van der Waals surface area contributed by atoms with Crippen LogP contribution in [0.15, 0.2) is 48.5 Å². The molecular weight excluding hydrogens is 405 g/mol. The third-order valence-electron chi connectivity index (χ3n) is 5.50. The average Bonchev–Trinajstić information content (AvgIpc) is 3.20. The maximum Gasteiger partial charge on any atom is 0.416 e. The van der Waals surface area contributed by atoms with Crippen LogP contribution in [0, 0.1) is 5.92 Å². The van der Waals surface area contributed by atoms with Crippen LogP contribution in [0.1, 0.15) is 22.7 Å². The van der Waals surface area contributed by atoms with Gasteiger partial charge in [0.25, 0.3) is 0 Å². The molecule has 2 atom stereocenters. The summed E-state index contributed by atoms with van der Waals surface area (Å²) in [5.41, 5.74) is 7.25. The maximum atomic E-state index is 13.6. The number of hydrogen-bond acceptors (Lipinski definition) is 5. The Bertz CT molecular complexity index is 816. The van der Waals surface area contributed by atoms with Gasteiger partial charge in [-0.2, -0.15) is 13.2 Å². The summed E-state index contributed by atoms with van der Waals surface area (Å²) in [6.45, 7) is 3.51. The van der Waals surface area contributed by atoms with E-state index in [0.717, 1.165) is 31.3 Å². The van der Waals surface area contributed by atoms with Crippen LogP contribution in [0.2, 0.25) is 0 Å². The van der Waals surface area contributed by atoms with Gasteiger partial charge in [-0.05, 0) is 43.4 Å². The Balaban J connectivity index is 1.74. The Morgan fingerprint density at radius 2 is 1.94 bits per heavy atom. The summed E-state index contributed by atoms with van der Waals surface area (Å²) in [7, 11) is 3.92. The van der Waals surface area contributed by atoms with Gasteiger partial charge in [0.15, 0.2) is 0 Å². The van der Waals surface area contributed by atoms with Crippen molar-refractivity contribution in [2.75, 3.05) is 46.9 Å². The van der Waals surface area contributed by atoms with Crippen molar-refractivity contribution < 1.29 is 17.9 Å². The molecule has 5 nitrogen and oxygen atoms in total. The molecule has 3 N–H and O–H groups in total. The van der Waals surface area contributed by atoms with E-state index in [-0.39, 0.29) is 17.7 Å². The number of ether oxygens (including phenoxy) is 1. The van der Waals surface area contributed by atoms with Crippen LogP contribution < -0.4 is 20.9 Å². The fourth-order valence-corrected chi connectivity index (χ4v) is 3.84. The Morgan fingerprint density at radius 3 is 2.65 bits per heavy atom. The van der Waals surface area contributed by atoms with Gasteiger partial charge in [0, 0.05) is 38.5 Å². The van der Waals surface area contributed by atoms with Crippen LogP contribution in [-0.2, 0) is 12.6 Å². The molecule has 0 aliphatic carbocycles. The van der Waals surface area contributed by atoms with Gasteiger partial charge in [0.1, 0.15) is 5.75 Å². The van der Waals surface area contributed by atoms with Crippen molar-refractivity contribution in [3.05, 3.63) is 65.2 Å². The van der Waals surface area contributed by atoms with Crippen LogP contribution in [-0.4, -0.2) is 51.8 Å². The molecule has 31 heavy (non-hydrogen) atoms. The van der Waals surface area contributed by atoms with Crippen LogP contribution in [0.4, 0.5) is 13.2 Å². The van der Waals surface area contributed by atoms with E-state index in [4.69, 9.17) is 4.74 Å². The van der Waals surface area contributed by atoms with E-state index < -0.39 is 11.7 Å². The van der Waals surface area contributed by atoms with E-state index >= 15 is 0 Å². The second kappa shape index (κ2) is 10.9. The second-order valence-electron chi connectivity index (χ2n) is 8.00. The molecular formula is C23H31F3N4O. The zero-order valence-electron chi connectivity index (χ0n) is 18.0. The van der Waals surface area contributed by atoms with Crippen LogP contribution in [0.3, 0.4) is 0 Å². The van der Waals surface area contributed by atoms with Crippen molar-refractivity contribution in [1.82, 2.24) is 21.1 Å². The van der Waals surface area contributed by atoms with Crippen LogP contribution in [0.25, 0.3) is 0 Å². The molecule has 2 aromatic carbocycles. The van der Waals surface area contributed by atoms with Crippen LogP contribution >= 0.6 is 0 Å². The molecule has 1 aliphatic rings. The van der Waals surface area contributed by atoms with Crippen LogP contribution in [0.5, 0.6) is 5.75 Å². The molecule has 0 amide bonds. The molecule has 0 saturated carbocycles. The summed E-state index contributed by atoms with van der Waals surface area (Å²) in [6, 6.07) is 13.6. The number of nitrogens with zero attached hydrogens (tertiary/aromatic N) is 1. The Morgan fingerprint density at radius 1 is 1.16 bits per heavy atom. The number of alkyl halides is 3. The third-order valence-corrected chi connectivity index (χ3v) is 5.50. The lowest BCUT2D eigenvalue weighted by molar-refractivity contribution is -0.137. The molecule has 2 aromatic rings. The zero-order valence-corrected chi connectivity index (χ0v) is 18.0. The largest absolute Gasteiger partial charge is 0.493 e. The summed E-state index contributed by atoms with van der Waals surface area (Å²) >= 11 is 0. The number of nitrogens with one attached hydrogen (secondary N) is 3. The van der Waals surface area contributed by atoms with Gasteiger partial charge >= 0.3 is 6.18 Å². The van der Waals surface area contributed by atoms with Crippen molar-refractivity contribution in [2.45, 2.75) is 18.6 Å². The van der Waals surface area contributed by atoms with Crippen molar-refractivity contribution in [2.24, 2.45) is 5.92 Å². The fourth-order valence-electron chi connectivity index (χ4n) is 3.84. The lowest BCUT2D eigenvalue weighted by Gasteiger charge is -2.25. The number of hydrazine groups is 1. The van der Waals surface area contributed by atoms with Gasteiger partial charge in [-0.15, -0.1) is 0 Å². The minimum atomic E-state index is -4.43. The van der Waals surface area contributed by atoms with E-state index in [0.29, 0.717) is 25.1 Å². The molecule has 3 rings (SSSR count). The highest BCUT2D eigenvalue weighted by Gasteiger charge is 2.35. The van der Waals surface area contributed by atoms with Crippen molar-refractivity contribution in [3.63, 3.8) is 0 Å². The summed E-state index contributed by atoms with van der Waals surface area (Å²) in [5.74, 6) is 0.388. The highest BCUT2D eigenvalue weighted by Crippen LogP contribution is 2.36. The molecule has 8 heteroatoms. The van der Waals surface area contributed by atoms with Gasteiger partial charge in [-0.25, -0.2) is 5.43 Å². The van der Waals surface area contributed by atoms with Gasteiger partial charge in [-0.1, -0.05) is 30.3 Å². The highest BCUT2D eigenvalue weighted by molar-refractivity contribution is 5.38. The SMILES string of the molecule is CNCCN(C)CC1CNNC1c1cc(OCCc2ccccc2)cc(C(F)(F)F)c1. The zero-order chi connectivity index (χ0) is 22.3. The summed E-state index contributed by atoms with van der Waals surface area (Å²) in [6.07, 6.45) is -3.80. The predicted molar refractivity (Wildman–Crippen MR) is 116 cm³/mol. The fraction of sp³-hybridized carbons (Fsp3) is 0.478. The molecule has 1 fully saturated rings. The Labute approximate surface area is 181 Å². The number of benzene rings is 2. The van der Waals surface area contributed by atoms with Gasteiger partial charge in [0.05, 0.1) is 18.2 Å². The quantitative estimate of drug-likeness (QED) is 0.534. The predicted octanol–water partition coefficient (Wildman–Crippen LogP) is 3.24. The molecule has 0 aromatic heterocycles. The molecule has 2 unspecified atom stereocenters. The minimum Gasteiger partial charge on any atom is -0.493 e. The Kier molecular flexibility index (Phi) is 8.31. The standard InChI is InChI=1S/C23H31F3N4O/c1-27-9-10-30(2)16-19-15-28-29-22(19)18-12-20(23(24,25)26)14-21(13-18)31-11-8-17-6-4-3-5-7-17/h3-7,12-14,19,22,27-29H,8-11,15-16H2,1-2H3. The lowest BCUT2D eigenvalue weighted by atomic mass is 9.93. The monoisotopic (exact) mass is 436 g/mol. The normalized spacial score (nSPS) is 19.2. The summed E-state index contributed by atoms with van der Waals surface area (Å²) in [4.78, 5) is 2.19. The minimum absolute atomic E-state index is 0.141. The number of likely N-dealkylation sites (N-methyl/N-ethyl adjacent to an activating group) is 2. The lowest BCUT2D eigenvalue weighted by Crippen LogP contribution is -2.34. The molecule has 0 spiro atoms. The van der Waals surface area contributed by atoms with E-state index in [1.54, 1.807) is 6.07 Å².